The lowest BCUT2D eigenvalue weighted by Gasteiger charge is -2.33. The van der Waals surface area contributed by atoms with Gasteiger partial charge in [-0.1, -0.05) is 0 Å². The van der Waals surface area contributed by atoms with E-state index in [0.29, 0.717) is 42.7 Å². The Labute approximate surface area is 211 Å². The number of rotatable bonds is 9. The molecule has 1 aromatic heterocycles. The zero-order valence-corrected chi connectivity index (χ0v) is 20.6. The molecule has 0 bridgehead atoms. The molecule has 3 rings (SSSR count). The number of nitrogens with zero attached hydrogens (tertiary/aromatic N) is 3. The number of anilines is 1. The Balaban J connectivity index is 1.84. The van der Waals surface area contributed by atoms with Crippen LogP contribution >= 0.6 is 0 Å². The number of phenols is 1. The summed E-state index contributed by atoms with van der Waals surface area (Å²) in [5.74, 6) is -0.544. The van der Waals surface area contributed by atoms with E-state index in [-0.39, 0.29) is 36.3 Å². The number of piperidine rings is 1. The number of halogens is 3. The molecule has 1 atom stereocenters. The molecule has 1 amide bonds. The SMILES string of the molecule is CCOC(=O)CCN1CCC[C@@H](Nc2nnc(-c3ccc(C(F)(F)F)cc3O)c(C)c2COC(N)=O)C1. The van der Waals surface area contributed by atoms with E-state index in [2.05, 4.69) is 20.4 Å². The third-order valence-electron chi connectivity index (χ3n) is 6.07. The van der Waals surface area contributed by atoms with Crippen molar-refractivity contribution in [2.45, 2.75) is 51.9 Å². The van der Waals surface area contributed by atoms with E-state index in [1.165, 1.54) is 0 Å². The number of ether oxygens (including phenoxy) is 2. The molecule has 0 saturated carbocycles. The first-order valence-electron chi connectivity index (χ1n) is 11.8. The lowest BCUT2D eigenvalue weighted by atomic mass is 10.00. The minimum Gasteiger partial charge on any atom is -0.507 e. The van der Waals surface area contributed by atoms with Gasteiger partial charge in [-0.05, 0) is 57.0 Å². The first-order chi connectivity index (χ1) is 17.5. The van der Waals surface area contributed by atoms with Crippen LogP contribution < -0.4 is 11.1 Å². The van der Waals surface area contributed by atoms with Gasteiger partial charge < -0.3 is 30.5 Å². The lowest BCUT2D eigenvalue weighted by molar-refractivity contribution is -0.143. The molecule has 0 aliphatic carbocycles. The summed E-state index contributed by atoms with van der Waals surface area (Å²) in [5.41, 5.74) is 5.20. The maximum Gasteiger partial charge on any atom is 0.416 e. The van der Waals surface area contributed by atoms with Gasteiger partial charge in [-0.2, -0.15) is 13.2 Å². The van der Waals surface area contributed by atoms with Crippen LogP contribution in [0.25, 0.3) is 11.3 Å². The summed E-state index contributed by atoms with van der Waals surface area (Å²) in [6.45, 7) is 5.46. The molecular weight excluding hydrogens is 495 g/mol. The van der Waals surface area contributed by atoms with Crippen molar-refractivity contribution < 1.29 is 37.3 Å². The predicted octanol–water partition coefficient (Wildman–Crippen LogP) is 3.60. The van der Waals surface area contributed by atoms with Crippen molar-refractivity contribution in [3.05, 3.63) is 34.9 Å². The molecular formula is C24H30F3N5O5. The third kappa shape index (κ3) is 7.44. The first kappa shape index (κ1) is 28.0. The maximum absolute atomic E-state index is 13.0. The molecule has 1 aromatic carbocycles. The smallest absolute Gasteiger partial charge is 0.416 e. The zero-order valence-electron chi connectivity index (χ0n) is 20.6. The van der Waals surface area contributed by atoms with Gasteiger partial charge in [-0.15, -0.1) is 10.2 Å². The van der Waals surface area contributed by atoms with E-state index < -0.39 is 23.6 Å². The number of nitrogens with two attached hydrogens (primary N) is 1. The van der Waals surface area contributed by atoms with Crippen molar-refractivity contribution in [2.75, 3.05) is 31.6 Å². The number of carbonyl (C=O) groups excluding carboxylic acids is 2. The number of alkyl halides is 3. The highest BCUT2D eigenvalue weighted by Gasteiger charge is 2.32. The Morgan fingerprint density at radius 3 is 2.68 bits per heavy atom. The maximum atomic E-state index is 13.0. The number of amides is 1. The van der Waals surface area contributed by atoms with Crippen LogP contribution in [0.3, 0.4) is 0 Å². The predicted molar refractivity (Wildman–Crippen MR) is 128 cm³/mol. The number of aromatic nitrogens is 2. The third-order valence-corrected chi connectivity index (χ3v) is 6.07. The first-order valence-corrected chi connectivity index (χ1v) is 11.8. The number of likely N-dealkylation sites (tertiary alicyclic amines) is 1. The zero-order chi connectivity index (χ0) is 27.2. The summed E-state index contributed by atoms with van der Waals surface area (Å²) in [7, 11) is 0. The monoisotopic (exact) mass is 525 g/mol. The second kappa shape index (κ2) is 12.1. The molecule has 37 heavy (non-hydrogen) atoms. The van der Waals surface area contributed by atoms with Gasteiger partial charge in [0.2, 0.25) is 0 Å². The summed E-state index contributed by atoms with van der Waals surface area (Å²) in [4.78, 5) is 25.1. The molecule has 2 heterocycles. The molecule has 1 saturated heterocycles. The van der Waals surface area contributed by atoms with Gasteiger partial charge in [0.25, 0.3) is 0 Å². The number of carbonyl (C=O) groups is 2. The average Bonchev–Trinajstić information content (AvgIpc) is 2.82. The summed E-state index contributed by atoms with van der Waals surface area (Å²) in [5, 5.41) is 22.0. The number of nitrogens with one attached hydrogen (secondary N) is 1. The Morgan fingerprint density at radius 2 is 2.03 bits per heavy atom. The van der Waals surface area contributed by atoms with Crippen LogP contribution in [0.4, 0.5) is 23.8 Å². The van der Waals surface area contributed by atoms with Crippen LogP contribution in [0.1, 0.15) is 42.9 Å². The highest BCUT2D eigenvalue weighted by Crippen LogP contribution is 2.38. The molecule has 1 aliphatic rings. The second-order valence-electron chi connectivity index (χ2n) is 8.68. The molecule has 13 heteroatoms. The van der Waals surface area contributed by atoms with E-state index in [4.69, 9.17) is 15.2 Å². The van der Waals surface area contributed by atoms with Gasteiger partial charge in [0.1, 0.15) is 18.1 Å². The highest BCUT2D eigenvalue weighted by molar-refractivity contribution is 5.73. The fraction of sp³-hybridized carbons (Fsp3) is 0.500. The fourth-order valence-electron chi connectivity index (χ4n) is 4.21. The Bertz CT molecular complexity index is 1130. The molecule has 1 fully saturated rings. The van der Waals surface area contributed by atoms with Gasteiger partial charge in [0.15, 0.2) is 5.82 Å². The Morgan fingerprint density at radius 1 is 1.27 bits per heavy atom. The summed E-state index contributed by atoms with van der Waals surface area (Å²) in [6, 6.07) is 2.52. The molecule has 10 nitrogen and oxygen atoms in total. The van der Waals surface area contributed by atoms with Gasteiger partial charge in [0, 0.05) is 30.3 Å². The van der Waals surface area contributed by atoms with Crippen molar-refractivity contribution in [1.29, 1.82) is 0 Å². The van der Waals surface area contributed by atoms with Crippen molar-refractivity contribution in [3.63, 3.8) is 0 Å². The molecule has 0 radical (unpaired) electrons. The van der Waals surface area contributed by atoms with Gasteiger partial charge in [-0.3, -0.25) is 4.79 Å². The number of benzene rings is 1. The standard InChI is InChI=1S/C24H30F3N5O5/c1-3-36-20(34)8-10-32-9-4-5-16(12-32)29-22-18(13-37-23(28)35)14(2)21(30-31-22)17-7-6-15(11-19(17)33)24(25,26)27/h6-7,11,16,33H,3-5,8-10,12-13H2,1-2H3,(H2,28,35)(H,29,31)/t16-/m1/s1. The molecule has 202 valence electrons. The molecule has 1 aliphatic heterocycles. The van der Waals surface area contributed by atoms with E-state index in [0.717, 1.165) is 31.5 Å². The van der Waals surface area contributed by atoms with E-state index in [1.54, 1.807) is 13.8 Å². The number of aromatic hydroxyl groups is 1. The number of phenolic OH excluding ortho intramolecular Hbond substituents is 1. The normalized spacial score (nSPS) is 16.3. The fourth-order valence-corrected chi connectivity index (χ4v) is 4.21. The number of esters is 1. The van der Waals surface area contributed by atoms with Gasteiger partial charge in [0.05, 0.1) is 18.6 Å². The molecule has 0 spiro atoms. The topological polar surface area (TPSA) is 140 Å². The van der Waals surface area contributed by atoms with Crippen molar-refractivity contribution in [2.24, 2.45) is 5.73 Å². The van der Waals surface area contributed by atoms with Crippen LogP contribution in [0.5, 0.6) is 5.75 Å². The summed E-state index contributed by atoms with van der Waals surface area (Å²) < 4.78 is 49.0. The number of primary amides is 1. The van der Waals surface area contributed by atoms with Crippen molar-refractivity contribution >= 4 is 17.9 Å². The van der Waals surface area contributed by atoms with Crippen LogP contribution in [0.15, 0.2) is 18.2 Å². The molecule has 0 unspecified atom stereocenters. The Kier molecular flexibility index (Phi) is 9.14. The Hall–Kier alpha value is -3.61. The number of hydrogen-bond acceptors (Lipinski definition) is 9. The van der Waals surface area contributed by atoms with E-state index in [9.17, 15) is 27.9 Å². The average molecular weight is 526 g/mol. The van der Waals surface area contributed by atoms with E-state index >= 15 is 0 Å². The van der Waals surface area contributed by atoms with Gasteiger partial charge >= 0.3 is 18.2 Å². The van der Waals surface area contributed by atoms with Crippen molar-refractivity contribution in [3.8, 4) is 17.0 Å². The van der Waals surface area contributed by atoms with Crippen LogP contribution in [0, 0.1) is 6.92 Å². The highest BCUT2D eigenvalue weighted by atomic mass is 19.4. The second-order valence-corrected chi connectivity index (χ2v) is 8.68. The minimum atomic E-state index is -4.62. The summed E-state index contributed by atoms with van der Waals surface area (Å²) in [6.07, 6.45) is -3.66. The van der Waals surface area contributed by atoms with Crippen LogP contribution in [-0.4, -0.2) is 64.5 Å². The largest absolute Gasteiger partial charge is 0.507 e. The molecule has 4 N–H and O–H groups in total. The lowest BCUT2D eigenvalue weighted by Crippen LogP contribution is -2.43. The summed E-state index contributed by atoms with van der Waals surface area (Å²) >= 11 is 0. The quantitative estimate of drug-likeness (QED) is 0.419. The van der Waals surface area contributed by atoms with Crippen molar-refractivity contribution in [1.82, 2.24) is 15.1 Å². The minimum absolute atomic E-state index is 0.0488. The van der Waals surface area contributed by atoms with Crippen LogP contribution in [0.2, 0.25) is 0 Å². The van der Waals surface area contributed by atoms with E-state index in [1.807, 2.05) is 0 Å². The van der Waals surface area contributed by atoms with Gasteiger partial charge in [-0.25, -0.2) is 4.79 Å². The molecule has 2 aromatic rings. The number of hydrogen-bond donors (Lipinski definition) is 3. The van der Waals surface area contributed by atoms with Crippen LogP contribution in [-0.2, 0) is 27.1 Å².